The van der Waals surface area contributed by atoms with Gasteiger partial charge in [-0.05, 0) is 22.4 Å². The molecule has 2 N–H and O–H groups in total. The monoisotopic (exact) mass is 229 g/mol. The van der Waals surface area contributed by atoms with Crippen molar-refractivity contribution in [2.24, 2.45) is 0 Å². The van der Waals surface area contributed by atoms with Crippen LogP contribution in [-0.2, 0) is 9.53 Å². The second-order valence-corrected chi connectivity index (χ2v) is 3.88. The SMILES string of the molecule is COC(=O)CCNCC(O)c1ccsc1. The predicted molar refractivity (Wildman–Crippen MR) is 58.8 cm³/mol. The molecule has 0 radical (unpaired) electrons. The van der Waals surface area contributed by atoms with E-state index in [1.807, 2.05) is 16.8 Å². The zero-order valence-electron chi connectivity index (χ0n) is 8.60. The highest BCUT2D eigenvalue weighted by Gasteiger charge is 2.07. The van der Waals surface area contributed by atoms with E-state index in [9.17, 15) is 9.90 Å². The Morgan fingerprint density at radius 3 is 3.13 bits per heavy atom. The molecule has 1 aromatic rings. The number of nitrogens with one attached hydrogen (secondary N) is 1. The minimum Gasteiger partial charge on any atom is -0.469 e. The molecule has 84 valence electrons. The number of rotatable bonds is 6. The van der Waals surface area contributed by atoms with Crippen molar-refractivity contribution < 1.29 is 14.6 Å². The summed E-state index contributed by atoms with van der Waals surface area (Å²) in [4.78, 5) is 10.8. The van der Waals surface area contributed by atoms with E-state index < -0.39 is 6.10 Å². The van der Waals surface area contributed by atoms with Crippen molar-refractivity contribution in [3.05, 3.63) is 22.4 Å². The minimum atomic E-state index is -0.506. The first-order chi connectivity index (χ1) is 7.24. The topological polar surface area (TPSA) is 58.6 Å². The number of carbonyl (C=O) groups is 1. The highest BCUT2D eigenvalue weighted by atomic mass is 32.1. The molecule has 5 heteroatoms. The third kappa shape index (κ3) is 4.42. The molecule has 1 aromatic heterocycles. The van der Waals surface area contributed by atoms with Crippen LogP contribution in [0.3, 0.4) is 0 Å². The summed E-state index contributed by atoms with van der Waals surface area (Å²) >= 11 is 1.55. The third-order valence-corrected chi connectivity index (χ3v) is 2.70. The number of aliphatic hydroxyl groups is 1. The van der Waals surface area contributed by atoms with Crippen LogP contribution in [0.15, 0.2) is 16.8 Å². The van der Waals surface area contributed by atoms with Crippen LogP contribution in [0.1, 0.15) is 18.1 Å². The lowest BCUT2D eigenvalue weighted by atomic mass is 10.2. The number of ether oxygens (including phenoxy) is 1. The van der Waals surface area contributed by atoms with Crippen LogP contribution in [0, 0.1) is 0 Å². The van der Waals surface area contributed by atoms with E-state index in [2.05, 4.69) is 10.1 Å². The van der Waals surface area contributed by atoms with Crippen molar-refractivity contribution >= 4 is 17.3 Å². The van der Waals surface area contributed by atoms with E-state index in [0.717, 1.165) is 5.56 Å². The summed E-state index contributed by atoms with van der Waals surface area (Å²) in [7, 11) is 1.36. The Bertz CT molecular complexity index is 287. The molecule has 0 saturated heterocycles. The summed E-state index contributed by atoms with van der Waals surface area (Å²) in [6.07, 6.45) is -0.179. The zero-order chi connectivity index (χ0) is 11.1. The molecular weight excluding hydrogens is 214 g/mol. The van der Waals surface area contributed by atoms with Gasteiger partial charge in [-0.25, -0.2) is 0 Å². The van der Waals surface area contributed by atoms with Crippen LogP contribution in [0.4, 0.5) is 0 Å². The minimum absolute atomic E-state index is 0.243. The zero-order valence-corrected chi connectivity index (χ0v) is 9.42. The predicted octanol–water partition coefficient (Wildman–Crippen LogP) is 0.934. The first kappa shape index (κ1) is 12.2. The van der Waals surface area contributed by atoms with Crippen molar-refractivity contribution in [1.82, 2.24) is 5.32 Å². The second kappa shape index (κ2) is 6.55. The number of esters is 1. The average molecular weight is 229 g/mol. The highest BCUT2D eigenvalue weighted by molar-refractivity contribution is 7.07. The standard InChI is InChI=1S/C10H15NO3S/c1-14-10(13)2-4-11-6-9(12)8-3-5-15-7-8/h3,5,7,9,11-12H,2,4,6H2,1H3. The van der Waals surface area contributed by atoms with Gasteiger partial charge in [0.2, 0.25) is 0 Å². The fourth-order valence-electron chi connectivity index (χ4n) is 1.11. The number of hydrogen-bond donors (Lipinski definition) is 2. The highest BCUT2D eigenvalue weighted by Crippen LogP contribution is 2.14. The van der Waals surface area contributed by atoms with Gasteiger partial charge in [0.1, 0.15) is 0 Å². The van der Waals surface area contributed by atoms with Gasteiger partial charge in [-0.1, -0.05) is 0 Å². The molecular formula is C10H15NO3S. The Balaban J connectivity index is 2.13. The normalized spacial score (nSPS) is 12.4. The van der Waals surface area contributed by atoms with Gasteiger partial charge in [-0.2, -0.15) is 11.3 Å². The quantitative estimate of drug-likeness (QED) is 0.563. The van der Waals surface area contributed by atoms with Crippen molar-refractivity contribution in [2.75, 3.05) is 20.2 Å². The maximum atomic E-state index is 10.8. The Labute approximate surface area is 92.9 Å². The average Bonchev–Trinajstić information content (AvgIpc) is 2.77. The summed E-state index contributed by atoms with van der Waals surface area (Å²) in [6.45, 7) is 0.974. The molecule has 0 aromatic carbocycles. The van der Waals surface area contributed by atoms with Crippen LogP contribution >= 0.6 is 11.3 Å². The van der Waals surface area contributed by atoms with E-state index in [-0.39, 0.29) is 5.97 Å². The first-order valence-electron chi connectivity index (χ1n) is 4.71. The van der Waals surface area contributed by atoms with E-state index in [1.54, 1.807) is 11.3 Å². The summed E-state index contributed by atoms with van der Waals surface area (Å²) in [5.41, 5.74) is 0.908. The molecule has 15 heavy (non-hydrogen) atoms. The summed E-state index contributed by atoms with van der Waals surface area (Å²) in [6, 6.07) is 1.89. The van der Waals surface area contributed by atoms with Crippen molar-refractivity contribution in [1.29, 1.82) is 0 Å². The Morgan fingerprint density at radius 1 is 1.73 bits per heavy atom. The lowest BCUT2D eigenvalue weighted by Gasteiger charge is -2.09. The van der Waals surface area contributed by atoms with Crippen LogP contribution in [0.25, 0.3) is 0 Å². The van der Waals surface area contributed by atoms with Gasteiger partial charge in [-0.3, -0.25) is 4.79 Å². The number of hydrogen-bond acceptors (Lipinski definition) is 5. The first-order valence-corrected chi connectivity index (χ1v) is 5.66. The van der Waals surface area contributed by atoms with E-state index in [1.165, 1.54) is 7.11 Å². The maximum absolute atomic E-state index is 10.8. The molecule has 1 heterocycles. The van der Waals surface area contributed by atoms with E-state index >= 15 is 0 Å². The van der Waals surface area contributed by atoms with Crippen LogP contribution in [0.5, 0.6) is 0 Å². The number of carbonyl (C=O) groups excluding carboxylic acids is 1. The van der Waals surface area contributed by atoms with Gasteiger partial charge in [0.05, 0.1) is 19.6 Å². The molecule has 0 amide bonds. The fraction of sp³-hybridized carbons (Fsp3) is 0.500. The van der Waals surface area contributed by atoms with Gasteiger partial charge in [0.25, 0.3) is 0 Å². The Hall–Kier alpha value is -0.910. The Kier molecular flexibility index (Phi) is 5.31. The van der Waals surface area contributed by atoms with Gasteiger partial charge >= 0.3 is 5.97 Å². The fourth-order valence-corrected chi connectivity index (χ4v) is 1.82. The molecule has 0 fully saturated rings. The molecule has 0 aliphatic rings. The largest absolute Gasteiger partial charge is 0.469 e. The van der Waals surface area contributed by atoms with Crippen LogP contribution in [0.2, 0.25) is 0 Å². The van der Waals surface area contributed by atoms with Crippen molar-refractivity contribution in [3.63, 3.8) is 0 Å². The van der Waals surface area contributed by atoms with Crippen LogP contribution in [-0.4, -0.2) is 31.3 Å². The molecule has 1 rings (SSSR count). The summed E-state index contributed by atoms with van der Waals surface area (Å²) in [5, 5.41) is 16.5. The summed E-state index contributed by atoms with van der Waals surface area (Å²) in [5.74, 6) is -0.243. The van der Waals surface area contributed by atoms with E-state index in [4.69, 9.17) is 0 Å². The molecule has 1 atom stereocenters. The van der Waals surface area contributed by atoms with Crippen molar-refractivity contribution in [2.45, 2.75) is 12.5 Å². The molecule has 0 aliphatic carbocycles. The van der Waals surface area contributed by atoms with Gasteiger partial charge in [0.15, 0.2) is 0 Å². The summed E-state index contributed by atoms with van der Waals surface area (Å²) < 4.78 is 4.49. The lowest BCUT2D eigenvalue weighted by Crippen LogP contribution is -2.24. The van der Waals surface area contributed by atoms with E-state index in [0.29, 0.717) is 19.5 Å². The third-order valence-electron chi connectivity index (χ3n) is 2.00. The smallest absolute Gasteiger partial charge is 0.306 e. The number of aliphatic hydroxyl groups excluding tert-OH is 1. The molecule has 0 saturated carbocycles. The van der Waals surface area contributed by atoms with Crippen LogP contribution < -0.4 is 5.32 Å². The number of thiophene rings is 1. The number of methoxy groups -OCH3 is 1. The van der Waals surface area contributed by atoms with Crippen molar-refractivity contribution in [3.8, 4) is 0 Å². The molecule has 0 spiro atoms. The molecule has 4 nitrogen and oxygen atoms in total. The molecule has 0 bridgehead atoms. The Morgan fingerprint density at radius 2 is 2.53 bits per heavy atom. The molecule has 1 unspecified atom stereocenters. The lowest BCUT2D eigenvalue weighted by molar-refractivity contribution is -0.140. The second-order valence-electron chi connectivity index (χ2n) is 3.10. The van der Waals surface area contributed by atoms with Gasteiger partial charge in [-0.15, -0.1) is 0 Å². The van der Waals surface area contributed by atoms with Gasteiger partial charge in [0, 0.05) is 13.1 Å². The maximum Gasteiger partial charge on any atom is 0.306 e. The van der Waals surface area contributed by atoms with Gasteiger partial charge < -0.3 is 15.2 Å². The molecule has 0 aliphatic heterocycles.